The highest BCUT2D eigenvalue weighted by atomic mass is 27.2. The van der Waals surface area contributed by atoms with E-state index in [1.807, 2.05) is 0 Å². The summed E-state index contributed by atoms with van der Waals surface area (Å²) in [5.41, 5.74) is 1.71. The van der Waals surface area contributed by atoms with Crippen molar-refractivity contribution in [1.82, 2.24) is 0 Å². The fourth-order valence-electron chi connectivity index (χ4n) is 4.06. The predicted molar refractivity (Wildman–Crippen MR) is 129 cm³/mol. The molecule has 0 amide bonds. The van der Waals surface area contributed by atoms with Crippen molar-refractivity contribution < 1.29 is 0 Å². The lowest BCUT2D eigenvalue weighted by atomic mass is 9.94. The first-order valence-electron chi connectivity index (χ1n) is 11.9. The maximum Gasteiger partial charge on any atom is 0.261 e. The van der Waals surface area contributed by atoms with Crippen LogP contribution in [0.25, 0.3) is 0 Å². The topological polar surface area (TPSA) is 0 Å². The fraction of sp³-hybridized carbons (Fsp3) is 0.769. The number of hydrogen-bond donors (Lipinski definition) is 0. The van der Waals surface area contributed by atoms with E-state index in [9.17, 15) is 0 Å². The second kappa shape index (κ2) is 19.1. The molecule has 0 bridgehead atoms. The summed E-state index contributed by atoms with van der Waals surface area (Å²) in [4.78, 5) is 0. The summed E-state index contributed by atoms with van der Waals surface area (Å²) < 4.78 is 0. The van der Waals surface area contributed by atoms with E-state index in [1.54, 1.807) is 21.4 Å². The number of hydrogen-bond acceptors (Lipinski definition) is 0. The molecule has 27 heavy (non-hydrogen) atoms. The summed E-state index contributed by atoms with van der Waals surface area (Å²) in [5, 5.41) is 4.69. The lowest BCUT2D eigenvalue weighted by molar-refractivity contribution is 0.567. The molecule has 0 aliphatic rings. The Kier molecular flexibility index (Phi) is 18.9. The van der Waals surface area contributed by atoms with Crippen molar-refractivity contribution in [2.45, 2.75) is 114 Å². The Hall–Kier alpha value is -0.248. The van der Waals surface area contributed by atoms with Crippen LogP contribution in [0.5, 0.6) is 0 Å². The van der Waals surface area contributed by atoms with E-state index in [-0.39, 0.29) is 0 Å². The molecular formula is C26H49Al. The van der Waals surface area contributed by atoms with Gasteiger partial charge in [-0.25, -0.2) is 0 Å². The number of allylic oxidation sites excluding steroid dienone is 4. The summed E-state index contributed by atoms with van der Waals surface area (Å²) in [6.45, 7) is 17.1. The molecule has 0 saturated carbocycles. The number of unbranched alkanes of at least 4 members (excludes halogenated alkanes) is 6. The molecule has 0 aromatic carbocycles. The fourth-order valence-corrected chi connectivity index (χ4v) is 7.52. The normalized spacial score (nSPS) is 11.0. The Bertz CT molecular complexity index is 350. The van der Waals surface area contributed by atoms with Gasteiger partial charge in [0.15, 0.2) is 0 Å². The van der Waals surface area contributed by atoms with Crippen LogP contribution in [0.15, 0.2) is 37.0 Å². The quantitative estimate of drug-likeness (QED) is 0.117. The Balaban J connectivity index is 4.22. The van der Waals surface area contributed by atoms with Gasteiger partial charge in [-0.05, 0) is 43.9 Å². The Morgan fingerprint density at radius 2 is 1.07 bits per heavy atom. The average molecular weight is 389 g/mol. The van der Waals surface area contributed by atoms with Crippen LogP contribution in [0, 0.1) is 11.8 Å². The van der Waals surface area contributed by atoms with Crippen molar-refractivity contribution in [3.05, 3.63) is 37.0 Å². The van der Waals surface area contributed by atoms with Gasteiger partial charge in [0.25, 0.3) is 14.1 Å². The van der Waals surface area contributed by atoms with Crippen molar-refractivity contribution in [3.63, 3.8) is 0 Å². The SMILES string of the molecule is C=CCCC[CH2][Al]([CH2]CCCC=C)[CH2]CCCC=C(CC(C)C)CC(C)C. The van der Waals surface area contributed by atoms with Gasteiger partial charge in [-0.15, -0.1) is 13.2 Å². The molecule has 0 nitrogen and oxygen atoms in total. The van der Waals surface area contributed by atoms with Crippen LogP contribution in [-0.2, 0) is 0 Å². The van der Waals surface area contributed by atoms with Gasteiger partial charge in [0.05, 0.1) is 0 Å². The molecule has 0 rings (SSSR count). The van der Waals surface area contributed by atoms with Crippen LogP contribution < -0.4 is 0 Å². The van der Waals surface area contributed by atoms with Crippen LogP contribution in [-0.4, -0.2) is 14.1 Å². The minimum Gasteiger partial charge on any atom is -0.103 e. The predicted octanol–water partition coefficient (Wildman–Crippen LogP) is 9.38. The molecule has 0 unspecified atom stereocenters. The highest BCUT2D eigenvalue weighted by Gasteiger charge is 2.15. The number of rotatable bonds is 19. The molecule has 0 heterocycles. The zero-order valence-corrected chi connectivity index (χ0v) is 20.4. The molecule has 0 aromatic rings. The van der Waals surface area contributed by atoms with Crippen molar-refractivity contribution >= 4 is 14.1 Å². The molecular weight excluding hydrogens is 339 g/mol. The molecule has 0 aromatic heterocycles. The molecule has 0 radical (unpaired) electrons. The highest BCUT2D eigenvalue weighted by Crippen LogP contribution is 2.22. The van der Waals surface area contributed by atoms with E-state index < -0.39 is 14.1 Å². The van der Waals surface area contributed by atoms with E-state index in [4.69, 9.17) is 0 Å². The molecule has 0 atom stereocenters. The smallest absolute Gasteiger partial charge is 0.103 e. The van der Waals surface area contributed by atoms with Crippen molar-refractivity contribution in [2.24, 2.45) is 11.8 Å². The monoisotopic (exact) mass is 388 g/mol. The summed E-state index contributed by atoms with van der Waals surface area (Å²) in [6, 6.07) is 0. The minimum absolute atomic E-state index is 0.523. The van der Waals surface area contributed by atoms with Crippen LogP contribution in [0.3, 0.4) is 0 Å². The zero-order chi connectivity index (χ0) is 20.3. The van der Waals surface area contributed by atoms with Gasteiger partial charge in [0, 0.05) is 0 Å². The van der Waals surface area contributed by atoms with Crippen LogP contribution in [0.2, 0.25) is 15.8 Å². The van der Waals surface area contributed by atoms with Crippen LogP contribution >= 0.6 is 0 Å². The Morgan fingerprint density at radius 3 is 1.44 bits per heavy atom. The van der Waals surface area contributed by atoms with Gasteiger partial charge < -0.3 is 0 Å². The molecule has 0 saturated heterocycles. The van der Waals surface area contributed by atoms with E-state index >= 15 is 0 Å². The molecule has 0 N–H and O–H groups in total. The first-order valence-corrected chi connectivity index (χ1v) is 14.3. The van der Waals surface area contributed by atoms with Crippen molar-refractivity contribution in [2.75, 3.05) is 0 Å². The minimum atomic E-state index is -0.523. The van der Waals surface area contributed by atoms with E-state index in [2.05, 4.69) is 59.1 Å². The summed E-state index contributed by atoms with van der Waals surface area (Å²) in [5.74, 6) is 1.58. The molecule has 1 heteroatoms. The lowest BCUT2D eigenvalue weighted by Crippen LogP contribution is -2.11. The summed E-state index contributed by atoms with van der Waals surface area (Å²) >= 11 is -0.523. The van der Waals surface area contributed by atoms with Gasteiger partial charge in [0.2, 0.25) is 0 Å². The van der Waals surface area contributed by atoms with E-state index in [0.29, 0.717) is 0 Å². The van der Waals surface area contributed by atoms with Crippen LogP contribution in [0.1, 0.15) is 98.3 Å². The molecule has 0 spiro atoms. The zero-order valence-electron chi connectivity index (χ0n) is 19.3. The maximum absolute atomic E-state index is 3.86. The van der Waals surface area contributed by atoms with E-state index in [1.165, 1.54) is 70.6 Å². The lowest BCUT2D eigenvalue weighted by Gasteiger charge is -2.13. The van der Waals surface area contributed by atoms with Crippen LogP contribution in [0.4, 0.5) is 0 Å². The second-order valence-corrected chi connectivity index (χ2v) is 12.8. The first kappa shape index (κ1) is 26.8. The molecule has 0 fully saturated rings. The average Bonchev–Trinajstić information content (AvgIpc) is 2.60. The Morgan fingerprint density at radius 1 is 0.667 bits per heavy atom. The van der Waals surface area contributed by atoms with Gasteiger partial charge in [-0.3, -0.25) is 0 Å². The summed E-state index contributed by atoms with van der Waals surface area (Å²) in [6.07, 6.45) is 21.5. The molecule has 0 aliphatic carbocycles. The first-order chi connectivity index (χ1) is 13.0. The third kappa shape index (κ3) is 18.9. The van der Waals surface area contributed by atoms with Crippen molar-refractivity contribution in [1.29, 1.82) is 0 Å². The maximum atomic E-state index is 3.86. The van der Waals surface area contributed by atoms with Crippen molar-refractivity contribution in [3.8, 4) is 0 Å². The van der Waals surface area contributed by atoms with Gasteiger partial charge >= 0.3 is 0 Å². The summed E-state index contributed by atoms with van der Waals surface area (Å²) in [7, 11) is 0. The van der Waals surface area contributed by atoms with Gasteiger partial charge in [-0.1, -0.05) is 106 Å². The third-order valence-corrected chi connectivity index (χ3v) is 9.06. The largest absolute Gasteiger partial charge is 0.261 e. The Labute approximate surface area is 177 Å². The third-order valence-electron chi connectivity index (χ3n) is 5.38. The van der Waals surface area contributed by atoms with Gasteiger partial charge in [0.1, 0.15) is 0 Å². The standard InChI is InChI=1S/C14H27.2C6H11.Al/c1-6-7-8-9-14(10-12(2)3)11-13(4)5;2*1-3-5-6-4-2;/h9,12-13H,1,6-8,10-11H2,2-5H3;2*3H,1-2,4-6H2;. The van der Waals surface area contributed by atoms with Gasteiger partial charge in [-0.2, -0.15) is 0 Å². The van der Waals surface area contributed by atoms with E-state index in [0.717, 1.165) is 11.8 Å². The second-order valence-electron chi connectivity index (χ2n) is 9.36. The highest BCUT2D eigenvalue weighted by molar-refractivity contribution is 6.58. The molecule has 0 aliphatic heterocycles. The molecule has 156 valence electrons.